The molecule has 10 heteroatoms. The summed E-state index contributed by atoms with van der Waals surface area (Å²) in [7, 11) is 0. The van der Waals surface area contributed by atoms with Crippen molar-refractivity contribution in [2.75, 3.05) is 37.6 Å². The number of likely N-dealkylation sites (tertiary alicyclic amines) is 1. The predicted molar refractivity (Wildman–Crippen MR) is 137 cm³/mol. The molecule has 0 bridgehead atoms. The van der Waals surface area contributed by atoms with E-state index < -0.39 is 6.04 Å². The van der Waals surface area contributed by atoms with Crippen molar-refractivity contribution in [1.29, 1.82) is 0 Å². The zero-order chi connectivity index (χ0) is 24.5. The Morgan fingerprint density at radius 1 is 1.20 bits per heavy atom. The van der Waals surface area contributed by atoms with Crippen molar-refractivity contribution in [3.63, 3.8) is 0 Å². The Balaban J connectivity index is 1.33. The van der Waals surface area contributed by atoms with Crippen molar-refractivity contribution in [2.24, 2.45) is 23.1 Å². The summed E-state index contributed by atoms with van der Waals surface area (Å²) in [4.78, 5) is 22.6. The van der Waals surface area contributed by atoms with Gasteiger partial charge in [-0.15, -0.1) is 0 Å². The van der Waals surface area contributed by atoms with Crippen LogP contribution in [0, 0.1) is 12.8 Å². The van der Waals surface area contributed by atoms with E-state index in [1.807, 2.05) is 21.7 Å². The van der Waals surface area contributed by atoms with Gasteiger partial charge in [0.1, 0.15) is 5.82 Å². The van der Waals surface area contributed by atoms with E-state index >= 15 is 0 Å². The number of nitrogens with zero attached hydrogens (tertiary/aromatic N) is 5. The van der Waals surface area contributed by atoms with Crippen LogP contribution in [0.1, 0.15) is 62.2 Å². The number of piperidine rings is 2. The molecule has 0 radical (unpaired) electrons. The summed E-state index contributed by atoms with van der Waals surface area (Å²) < 4.78 is 1.84. The van der Waals surface area contributed by atoms with E-state index in [1.165, 1.54) is 0 Å². The van der Waals surface area contributed by atoms with Gasteiger partial charge in [-0.3, -0.25) is 4.79 Å². The Morgan fingerprint density at radius 3 is 2.80 bits per heavy atom. The molecule has 1 amide bonds. The molecule has 192 valence electrons. The average molecular weight is 484 g/mol. The summed E-state index contributed by atoms with van der Waals surface area (Å²) in [5, 5.41) is 8.26. The van der Waals surface area contributed by atoms with Crippen molar-refractivity contribution in [2.45, 2.75) is 76.0 Å². The smallest absolute Gasteiger partial charge is 0.240 e. The predicted octanol–water partition coefficient (Wildman–Crippen LogP) is 0.673. The number of anilines is 1. The third kappa shape index (κ3) is 5.16. The van der Waals surface area contributed by atoms with Gasteiger partial charge in [-0.05, 0) is 70.9 Å². The fraction of sp³-hybridized carbons (Fsp3) is 0.720. The van der Waals surface area contributed by atoms with Crippen molar-refractivity contribution >= 4 is 17.4 Å². The molecule has 3 aliphatic rings. The Hall–Kier alpha value is -2.27. The second-order valence-electron chi connectivity index (χ2n) is 10.8. The van der Waals surface area contributed by atoms with Gasteiger partial charge in [-0.1, -0.05) is 0 Å². The topological polar surface area (TPSA) is 144 Å². The Morgan fingerprint density at radius 2 is 2.06 bits per heavy atom. The second-order valence-corrected chi connectivity index (χ2v) is 10.8. The number of aromatic nitrogens is 3. The van der Waals surface area contributed by atoms with Gasteiger partial charge in [-0.25, -0.2) is 9.50 Å². The lowest BCUT2D eigenvalue weighted by atomic mass is 9.88. The average Bonchev–Trinajstić information content (AvgIpc) is 3.49. The number of fused-ring (bicyclic) bond motifs is 1. The highest BCUT2D eigenvalue weighted by Gasteiger charge is 2.34. The molecule has 2 aromatic heterocycles. The van der Waals surface area contributed by atoms with Crippen LogP contribution in [-0.2, 0) is 4.79 Å². The first-order valence-corrected chi connectivity index (χ1v) is 13.3. The van der Waals surface area contributed by atoms with Crippen LogP contribution in [0.5, 0.6) is 0 Å². The molecule has 35 heavy (non-hydrogen) atoms. The van der Waals surface area contributed by atoms with Crippen molar-refractivity contribution in [3.05, 3.63) is 23.5 Å². The van der Waals surface area contributed by atoms with Crippen LogP contribution in [0.4, 0.5) is 5.82 Å². The first kappa shape index (κ1) is 24.4. The molecule has 2 aromatic rings. The standard InChI is InChI=1S/C25H41N9O/c1-16-14-34-23(30-24(16)32-10-7-18(26)15-32)12-21(31-34)22-6-2-3-9-33(22)25(35)20(28)11-19(27)17-5-4-8-29-13-17/h12,14,17-20,22,29H,2-11,13,15,26-28H2,1H3/t17?,18-,19?,20?,22-/m0/s1. The number of amides is 1. The van der Waals surface area contributed by atoms with Crippen LogP contribution in [-0.4, -0.2) is 76.3 Å². The molecule has 0 saturated carbocycles. The monoisotopic (exact) mass is 483 g/mol. The molecule has 3 fully saturated rings. The summed E-state index contributed by atoms with van der Waals surface area (Å²) in [6, 6.07) is 1.49. The van der Waals surface area contributed by atoms with Crippen LogP contribution in [0.25, 0.3) is 5.65 Å². The lowest BCUT2D eigenvalue weighted by Crippen LogP contribution is -2.51. The number of nitrogens with one attached hydrogen (secondary N) is 1. The molecule has 7 N–H and O–H groups in total. The number of hydrogen-bond acceptors (Lipinski definition) is 8. The van der Waals surface area contributed by atoms with Gasteiger partial charge >= 0.3 is 0 Å². The molecular weight excluding hydrogens is 442 g/mol. The normalized spacial score (nSPS) is 27.4. The number of carbonyl (C=O) groups is 1. The molecule has 0 aliphatic carbocycles. The van der Waals surface area contributed by atoms with E-state index in [9.17, 15) is 4.79 Å². The van der Waals surface area contributed by atoms with E-state index in [-0.39, 0.29) is 24.0 Å². The minimum Gasteiger partial charge on any atom is -0.355 e. The van der Waals surface area contributed by atoms with Crippen LogP contribution in [0.3, 0.4) is 0 Å². The van der Waals surface area contributed by atoms with Crippen LogP contribution in [0.15, 0.2) is 12.3 Å². The summed E-state index contributed by atoms with van der Waals surface area (Å²) in [5.74, 6) is 1.34. The number of hydrogen-bond donors (Lipinski definition) is 4. The minimum atomic E-state index is -0.587. The molecule has 10 nitrogen and oxygen atoms in total. The summed E-state index contributed by atoms with van der Waals surface area (Å²) in [6.07, 6.45) is 8.69. The van der Waals surface area contributed by atoms with Crippen LogP contribution >= 0.6 is 0 Å². The van der Waals surface area contributed by atoms with Crippen LogP contribution in [0.2, 0.25) is 0 Å². The first-order chi connectivity index (χ1) is 16.9. The number of nitrogens with two attached hydrogens (primary N) is 3. The van der Waals surface area contributed by atoms with E-state index in [4.69, 9.17) is 27.3 Å². The zero-order valence-corrected chi connectivity index (χ0v) is 20.9. The van der Waals surface area contributed by atoms with Crippen molar-refractivity contribution in [3.8, 4) is 0 Å². The molecular formula is C25H41N9O. The van der Waals surface area contributed by atoms with Gasteiger partial charge in [0.2, 0.25) is 5.91 Å². The van der Waals surface area contributed by atoms with Gasteiger partial charge in [-0.2, -0.15) is 5.10 Å². The first-order valence-electron chi connectivity index (χ1n) is 13.3. The van der Waals surface area contributed by atoms with E-state index in [2.05, 4.69) is 17.1 Å². The van der Waals surface area contributed by atoms with Gasteiger partial charge in [0, 0.05) is 49.5 Å². The van der Waals surface area contributed by atoms with E-state index in [1.54, 1.807) is 0 Å². The maximum Gasteiger partial charge on any atom is 0.240 e. The zero-order valence-electron chi connectivity index (χ0n) is 20.9. The third-order valence-corrected chi connectivity index (χ3v) is 8.06. The Labute approximate surface area is 207 Å². The van der Waals surface area contributed by atoms with Gasteiger partial charge in [0.15, 0.2) is 5.65 Å². The molecule has 5 atom stereocenters. The SMILES string of the molecule is Cc1cn2nc([C@@H]3CCCCN3C(=O)C(N)CC(N)C3CCCNC3)cc2nc1N1CC[C@H](N)C1. The molecule has 0 spiro atoms. The van der Waals surface area contributed by atoms with Crippen molar-refractivity contribution < 1.29 is 4.79 Å². The highest BCUT2D eigenvalue weighted by atomic mass is 16.2. The summed E-state index contributed by atoms with van der Waals surface area (Å²) in [6.45, 7) is 6.47. The van der Waals surface area contributed by atoms with Gasteiger partial charge in [0.05, 0.1) is 17.8 Å². The van der Waals surface area contributed by atoms with E-state index in [0.717, 1.165) is 87.4 Å². The second kappa shape index (κ2) is 10.4. The number of rotatable bonds is 6. The molecule has 0 aromatic carbocycles. The molecule has 5 rings (SSSR count). The fourth-order valence-corrected chi connectivity index (χ4v) is 6.03. The van der Waals surface area contributed by atoms with Crippen molar-refractivity contribution in [1.82, 2.24) is 24.8 Å². The quantitative estimate of drug-likeness (QED) is 0.469. The molecule has 3 aliphatic heterocycles. The summed E-state index contributed by atoms with van der Waals surface area (Å²) in [5.41, 5.74) is 21.8. The lowest BCUT2D eigenvalue weighted by Gasteiger charge is -2.37. The highest BCUT2D eigenvalue weighted by Crippen LogP contribution is 2.32. The maximum absolute atomic E-state index is 13.5. The van der Waals surface area contributed by atoms with Crippen LogP contribution < -0.4 is 27.4 Å². The fourth-order valence-electron chi connectivity index (χ4n) is 6.03. The Kier molecular flexibility index (Phi) is 7.24. The minimum absolute atomic E-state index is 0.0122. The van der Waals surface area contributed by atoms with Gasteiger partial charge < -0.3 is 32.3 Å². The lowest BCUT2D eigenvalue weighted by molar-refractivity contribution is -0.137. The molecule has 3 saturated heterocycles. The number of aryl methyl sites for hydroxylation is 1. The summed E-state index contributed by atoms with van der Waals surface area (Å²) >= 11 is 0. The highest BCUT2D eigenvalue weighted by molar-refractivity contribution is 5.82. The van der Waals surface area contributed by atoms with E-state index in [0.29, 0.717) is 18.9 Å². The number of carbonyl (C=O) groups excluding carboxylic acids is 1. The largest absolute Gasteiger partial charge is 0.355 e. The Bertz CT molecular complexity index is 1030. The molecule has 3 unspecified atom stereocenters. The third-order valence-electron chi connectivity index (χ3n) is 8.06. The van der Waals surface area contributed by atoms with Gasteiger partial charge in [0.25, 0.3) is 0 Å². The molecule has 5 heterocycles. The maximum atomic E-state index is 13.5.